The van der Waals surface area contributed by atoms with Crippen molar-refractivity contribution in [3.8, 4) is 34.5 Å². The molecule has 0 saturated carbocycles. The Balaban J connectivity index is 1.31. The van der Waals surface area contributed by atoms with Crippen molar-refractivity contribution in [1.29, 1.82) is 0 Å². The van der Waals surface area contributed by atoms with Crippen molar-refractivity contribution in [1.82, 2.24) is 0 Å². The summed E-state index contributed by atoms with van der Waals surface area (Å²) in [4.78, 5) is 12.6. The molecule has 18 nitrogen and oxygen atoms in total. The van der Waals surface area contributed by atoms with Gasteiger partial charge in [-0.2, -0.15) is 0 Å². The van der Waals surface area contributed by atoms with Crippen LogP contribution < -0.4 is 4.74 Å². The Labute approximate surface area is 305 Å². The summed E-state index contributed by atoms with van der Waals surface area (Å²) < 4.78 is 34.7. The maximum absolute atomic E-state index is 12.6. The minimum atomic E-state index is -1.97. The van der Waals surface area contributed by atoms with E-state index in [1.807, 2.05) is 0 Å². The van der Waals surface area contributed by atoms with E-state index in [9.17, 15) is 61.0 Å². The summed E-state index contributed by atoms with van der Waals surface area (Å²) in [6.45, 7) is -1.47. The van der Waals surface area contributed by atoms with Crippen molar-refractivity contribution >= 4 is 18.1 Å². The van der Waals surface area contributed by atoms with Crippen molar-refractivity contribution in [2.75, 3.05) is 13.2 Å². The normalized spacial score (nSPS) is 30.9. The third-order valence-corrected chi connectivity index (χ3v) is 8.93. The second-order valence-corrected chi connectivity index (χ2v) is 12.7. The Bertz CT molecular complexity index is 1860. The van der Waals surface area contributed by atoms with Crippen LogP contribution in [-0.2, 0) is 28.5 Å². The molecule has 18 heteroatoms. The van der Waals surface area contributed by atoms with Gasteiger partial charge in [0.25, 0.3) is 0 Å². The fraction of sp³-hybridized carbons (Fsp3) is 0.361. The van der Waals surface area contributed by atoms with Crippen LogP contribution in [0.5, 0.6) is 34.5 Å². The average Bonchev–Trinajstić information content (AvgIpc) is 3.14. The first kappa shape index (κ1) is 38.6. The van der Waals surface area contributed by atoms with E-state index in [-0.39, 0.29) is 34.1 Å². The first-order chi connectivity index (χ1) is 25.7. The van der Waals surface area contributed by atoms with Crippen LogP contribution in [0.3, 0.4) is 0 Å². The van der Waals surface area contributed by atoms with Crippen molar-refractivity contribution in [2.24, 2.45) is 0 Å². The number of aliphatic hydroxyl groups excluding tert-OH is 6. The average molecular weight is 759 g/mol. The Morgan fingerprint density at radius 1 is 0.722 bits per heavy atom. The van der Waals surface area contributed by atoms with Crippen molar-refractivity contribution in [3.63, 3.8) is 0 Å². The SMILES string of the molecule is O=C(C=Cc1ccc(O)cc1)OCC1OC(OC2=Cc3c(O)cc(O)cc3OC2c2ccc(O)c(O)c2)C(OC2OC(CO)C(O)C(O)C2O)C(O)C1O. The molecule has 0 spiro atoms. The van der Waals surface area contributed by atoms with E-state index in [1.165, 1.54) is 48.6 Å². The molecule has 11 atom stereocenters. The molecule has 2 fully saturated rings. The first-order valence-electron chi connectivity index (χ1n) is 16.5. The van der Waals surface area contributed by atoms with Gasteiger partial charge in [0, 0.05) is 23.8 Å². The fourth-order valence-corrected chi connectivity index (χ4v) is 5.99. The maximum atomic E-state index is 12.6. The lowest BCUT2D eigenvalue weighted by molar-refractivity contribution is -0.364. The number of carbonyl (C=O) groups is 1. The minimum Gasteiger partial charge on any atom is -0.508 e. The summed E-state index contributed by atoms with van der Waals surface area (Å²) in [6, 6.07) is 11.8. The molecule has 3 aliphatic rings. The number of phenolic OH excluding ortho intramolecular Hbond substituents is 5. The summed E-state index contributed by atoms with van der Waals surface area (Å²) in [5.74, 6) is -2.90. The summed E-state index contributed by atoms with van der Waals surface area (Å²) >= 11 is 0. The number of hydrogen-bond acceptors (Lipinski definition) is 18. The predicted molar refractivity (Wildman–Crippen MR) is 179 cm³/mol. The van der Waals surface area contributed by atoms with E-state index in [1.54, 1.807) is 0 Å². The summed E-state index contributed by atoms with van der Waals surface area (Å²) in [7, 11) is 0. The zero-order valence-corrected chi connectivity index (χ0v) is 28.0. The Morgan fingerprint density at radius 3 is 2.13 bits per heavy atom. The van der Waals surface area contributed by atoms with Crippen molar-refractivity contribution < 1.29 is 89.4 Å². The van der Waals surface area contributed by atoms with Gasteiger partial charge in [-0.3, -0.25) is 0 Å². The topological polar surface area (TPSA) is 295 Å². The zero-order valence-electron chi connectivity index (χ0n) is 28.0. The molecule has 0 aliphatic carbocycles. The number of hydrogen-bond donors (Lipinski definition) is 11. The quantitative estimate of drug-likeness (QED) is 0.0712. The van der Waals surface area contributed by atoms with Crippen LogP contribution in [0.2, 0.25) is 0 Å². The number of benzene rings is 3. The van der Waals surface area contributed by atoms with Gasteiger partial charge in [-0.15, -0.1) is 0 Å². The molecule has 0 aromatic heterocycles. The number of aromatic hydroxyl groups is 5. The van der Waals surface area contributed by atoms with Crippen LogP contribution in [0.1, 0.15) is 22.8 Å². The lowest BCUT2D eigenvalue weighted by atomic mass is 9.97. The molecule has 0 radical (unpaired) electrons. The third kappa shape index (κ3) is 8.16. The van der Waals surface area contributed by atoms with E-state index in [2.05, 4.69) is 0 Å². The summed E-state index contributed by atoms with van der Waals surface area (Å²) in [5.41, 5.74) is 0.729. The number of carbonyl (C=O) groups excluding carboxylic acids is 1. The van der Waals surface area contributed by atoms with E-state index in [0.717, 1.165) is 24.3 Å². The maximum Gasteiger partial charge on any atom is 0.330 e. The largest absolute Gasteiger partial charge is 0.508 e. The Hall–Kier alpha value is -5.15. The highest BCUT2D eigenvalue weighted by molar-refractivity contribution is 5.87. The molecule has 290 valence electrons. The molecule has 0 amide bonds. The minimum absolute atomic E-state index is 0.00995. The van der Waals surface area contributed by atoms with E-state index in [4.69, 9.17) is 28.4 Å². The molecular weight excluding hydrogens is 720 g/mol. The Kier molecular flexibility index (Phi) is 11.5. The molecule has 6 rings (SSSR count). The van der Waals surface area contributed by atoms with Gasteiger partial charge in [-0.05, 0) is 42.0 Å². The molecule has 3 heterocycles. The number of aliphatic hydroxyl groups is 6. The van der Waals surface area contributed by atoms with Crippen molar-refractivity contribution in [2.45, 2.75) is 67.5 Å². The molecule has 2 saturated heterocycles. The number of rotatable bonds is 10. The number of phenols is 5. The molecule has 54 heavy (non-hydrogen) atoms. The molecule has 3 aromatic carbocycles. The third-order valence-electron chi connectivity index (χ3n) is 8.93. The number of fused-ring (bicyclic) bond motifs is 1. The smallest absolute Gasteiger partial charge is 0.330 e. The van der Waals surface area contributed by atoms with Gasteiger partial charge in [-0.25, -0.2) is 4.79 Å². The van der Waals surface area contributed by atoms with E-state index < -0.39 is 104 Å². The Morgan fingerprint density at radius 2 is 1.43 bits per heavy atom. The van der Waals surface area contributed by atoms with Gasteiger partial charge in [0.1, 0.15) is 78.1 Å². The lowest BCUT2D eigenvalue weighted by Gasteiger charge is -2.46. The van der Waals surface area contributed by atoms with Gasteiger partial charge >= 0.3 is 5.97 Å². The van der Waals surface area contributed by atoms with Crippen LogP contribution in [0.4, 0.5) is 0 Å². The number of esters is 1. The van der Waals surface area contributed by atoms with Crippen LogP contribution >= 0.6 is 0 Å². The molecular formula is C36H38O18. The molecule has 0 bridgehead atoms. The highest BCUT2D eigenvalue weighted by Crippen LogP contribution is 2.45. The highest BCUT2D eigenvalue weighted by Gasteiger charge is 2.52. The number of ether oxygens (including phenoxy) is 6. The zero-order chi connectivity index (χ0) is 38.8. The van der Waals surface area contributed by atoms with Gasteiger partial charge in [0.15, 0.2) is 30.0 Å². The standard InChI is InChI=1S/C36H38O18/c37-13-25-28(44)30(46)32(48)35(52-25)54-34-31(47)29(45)26(14-49-27(43)8-3-15-1-5-17(38)6-2-15)53-36(34)51-24-12-19-21(41)10-18(39)11-23(19)50-33(24)16-4-7-20(40)22(42)9-16/h1-12,25-26,28-42,44-48H,13-14H2. The predicted octanol–water partition coefficient (Wildman–Crippen LogP) is -0.406. The van der Waals surface area contributed by atoms with Gasteiger partial charge in [-0.1, -0.05) is 18.2 Å². The fourth-order valence-electron chi connectivity index (χ4n) is 5.99. The van der Waals surface area contributed by atoms with Gasteiger partial charge < -0.3 is 84.6 Å². The molecule has 3 aromatic rings. The van der Waals surface area contributed by atoms with E-state index >= 15 is 0 Å². The highest BCUT2D eigenvalue weighted by atomic mass is 16.8. The van der Waals surface area contributed by atoms with Crippen molar-refractivity contribution in [3.05, 3.63) is 83.1 Å². The monoisotopic (exact) mass is 758 g/mol. The molecule has 3 aliphatic heterocycles. The van der Waals surface area contributed by atoms with Gasteiger partial charge in [0.2, 0.25) is 6.29 Å². The van der Waals surface area contributed by atoms with Crippen LogP contribution in [0.15, 0.2) is 66.4 Å². The summed E-state index contributed by atoms with van der Waals surface area (Å²) in [5, 5.41) is 114. The van der Waals surface area contributed by atoms with Crippen LogP contribution in [-0.4, -0.2) is 137 Å². The van der Waals surface area contributed by atoms with Crippen LogP contribution in [0, 0.1) is 0 Å². The first-order valence-corrected chi connectivity index (χ1v) is 16.5. The molecule has 11 N–H and O–H groups in total. The van der Waals surface area contributed by atoms with Gasteiger partial charge in [0.05, 0.1) is 12.2 Å². The second-order valence-electron chi connectivity index (χ2n) is 12.7. The lowest BCUT2D eigenvalue weighted by Crippen LogP contribution is -2.64. The van der Waals surface area contributed by atoms with Crippen LogP contribution in [0.25, 0.3) is 12.2 Å². The summed E-state index contributed by atoms with van der Waals surface area (Å²) in [6.07, 6.45) is -15.4. The molecule has 11 unspecified atom stereocenters. The van der Waals surface area contributed by atoms with E-state index in [0.29, 0.717) is 5.56 Å². The second kappa shape index (κ2) is 16.1.